The molecule has 0 aliphatic carbocycles. The van der Waals surface area contributed by atoms with Crippen LogP contribution in [0.25, 0.3) is 5.69 Å². The summed E-state index contributed by atoms with van der Waals surface area (Å²) in [5.74, 6) is -0.510. The normalized spacial score (nSPS) is 11.0. The fourth-order valence-electron chi connectivity index (χ4n) is 1.79. The van der Waals surface area contributed by atoms with Crippen molar-refractivity contribution in [1.29, 1.82) is 0 Å². The zero-order chi connectivity index (χ0) is 16.2. The van der Waals surface area contributed by atoms with Gasteiger partial charge >= 0.3 is 6.18 Å². The number of benzene rings is 1. The van der Waals surface area contributed by atoms with E-state index in [2.05, 4.69) is 15.6 Å². The first-order valence-electron chi connectivity index (χ1n) is 6.50. The Bertz CT molecular complexity index is 659. The van der Waals surface area contributed by atoms with E-state index in [1.165, 1.54) is 18.2 Å². The molecule has 23 heavy (non-hydrogen) atoms. The largest absolute Gasteiger partial charge is 0.418 e. The summed E-state index contributed by atoms with van der Waals surface area (Å²) in [5, 5.41) is 9.74. The zero-order valence-electron chi connectivity index (χ0n) is 11.9. The molecule has 0 unspecified atom stereocenters. The topological polar surface area (TPSA) is 85.8 Å². The van der Waals surface area contributed by atoms with E-state index in [4.69, 9.17) is 5.73 Å². The van der Waals surface area contributed by atoms with Gasteiger partial charge in [-0.1, -0.05) is 17.3 Å². The third kappa shape index (κ3) is 4.67. The van der Waals surface area contributed by atoms with Crippen molar-refractivity contribution in [3.8, 4) is 5.69 Å². The van der Waals surface area contributed by atoms with Crippen LogP contribution < -0.4 is 11.1 Å². The standard InChI is InChI=1S/C13H14F3N5O.ClH/c14-13(15,16)9-4-1-2-5-11(9)21-8-10(19-20-21)12(22)18-7-3-6-17;/h1-2,4-5,8H,3,6-7,17H2,(H,18,22);1H. The van der Waals surface area contributed by atoms with Crippen molar-refractivity contribution >= 4 is 18.3 Å². The first kappa shape index (κ1) is 18.9. The Balaban J connectivity index is 0.00000264. The number of hydrogen-bond donors (Lipinski definition) is 2. The molecule has 1 aromatic carbocycles. The van der Waals surface area contributed by atoms with Crippen molar-refractivity contribution in [1.82, 2.24) is 20.3 Å². The number of carbonyl (C=O) groups excluding carboxylic acids is 1. The first-order chi connectivity index (χ1) is 10.4. The fraction of sp³-hybridized carbons (Fsp3) is 0.308. The van der Waals surface area contributed by atoms with Crippen LogP contribution >= 0.6 is 12.4 Å². The molecule has 1 amide bonds. The highest BCUT2D eigenvalue weighted by molar-refractivity contribution is 5.91. The summed E-state index contributed by atoms with van der Waals surface area (Å²) in [6.07, 6.45) is -2.77. The Kier molecular flexibility index (Phi) is 6.52. The van der Waals surface area contributed by atoms with E-state index in [9.17, 15) is 18.0 Å². The monoisotopic (exact) mass is 349 g/mol. The Morgan fingerprint density at radius 3 is 2.65 bits per heavy atom. The van der Waals surface area contributed by atoms with E-state index in [0.29, 0.717) is 19.5 Å². The van der Waals surface area contributed by atoms with E-state index >= 15 is 0 Å². The minimum Gasteiger partial charge on any atom is -0.351 e. The van der Waals surface area contributed by atoms with E-state index in [1.54, 1.807) is 0 Å². The lowest BCUT2D eigenvalue weighted by Gasteiger charge is -2.11. The number of nitrogens with zero attached hydrogens (tertiary/aromatic N) is 3. The zero-order valence-corrected chi connectivity index (χ0v) is 12.7. The Labute approximate surface area is 136 Å². The number of alkyl halides is 3. The molecule has 0 aliphatic rings. The highest BCUT2D eigenvalue weighted by Gasteiger charge is 2.34. The lowest BCUT2D eigenvalue weighted by atomic mass is 10.1. The molecule has 0 fully saturated rings. The molecule has 0 radical (unpaired) electrons. The van der Waals surface area contributed by atoms with Crippen LogP contribution in [0.15, 0.2) is 30.5 Å². The smallest absolute Gasteiger partial charge is 0.351 e. The molecule has 6 nitrogen and oxygen atoms in total. The summed E-state index contributed by atoms with van der Waals surface area (Å²) in [6, 6.07) is 4.93. The van der Waals surface area contributed by atoms with E-state index < -0.39 is 17.6 Å². The van der Waals surface area contributed by atoms with E-state index in [0.717, 1.165) is 16.9 Å². The van der Waals surface area contributed by atoms with Gasteiger partial charge in [0, 0.05) is 6.54 Å². The van der Waals surface area contributed by atoms with Gasteiger partial charge in [-0.05, 0) is 25.1 Å². The summed E-state index contributed by atoms with van der Waals surface area (Å²) in [6.45, 7) is 0.785. The van der Waals surface area contributed by atoms with Crippen molar-refractivity contribution in [2.45, 2.75) is 12.6 Å². The van der Waals surface area contributed by atoms with Gasteiger partial charge in [-0.25, -0.2) is 4.68 Å². The van der Waals surface area contributed by atoms with Crippen LogP contribution in [0.2, 0.25) is 0 Å². The van der Waals surface area contributed by atoms with Crippen molar-refractivity contribution in [2.24, 2.45) is 5.73 Å². The number of hydrogen-bond acceptors (Lipinski definition) is 4. The molecule has 0 atom stereocenters. The highest BCUT2D eigenvalue weighted by Crippen LogP contribution is 2.33. The lowest BCUT2D eigenvalue weighted by Crippen LogP contribution is -2.26. The maximum atomic E-state index is 13.0. The first-order valence-corrected chi connectivity index (χ1v) is 6.50. The molecular formula is C13H15ClF3N5O. The molecule has 1 aromatic heterocycles. The SMILES string of the molecule is Cl.NCCCNC(=O)c1cn(-c2ccccc2C(F)(F)F)nn1. The number of halogens is 4. The highest BCUT2D eigenvalue weighted by atomic mass is 35.5. The second kappa shape index (κ2) is 7.93. The van der Waals surface area contributed by atoms with Crippen LogP contribution in [0.4, 0.5) is 13.2 Å². The maximum Gasteiger partial charge on any atom is 0.418 e. The summed E-state index contributed by atoms with van der Waals surface area (Å²) >= 11 is 0. The third-order valence-corrected chi connectivity index (χ3v) is 2.85. The van der Waals surface area contributed by atoms with Crippen molar-refractivity contribution in [3.05, 3.63) is 41.7 Å². The molecule has 10 heteroatoms. The summed E-state index contributed by atoms with van der Waals surface area (Å²) < 4.78 is 39.8. The molecule has 0 bridgehead atoms. The molecular weight excluding hydrogens is 335 g/mol. The molecule has 3 N–H and O–H groups in total. The van der Waals surface area contributed by atoms with Gasteiger partial charge in [0.05, 0.1) is 17.4 Å². The van der Waals surface area contributed by atoms with Crippen molar-refractivity contribution < 1.29 is 18.0 Å². The molecule has 126 valence electrons. The van der Waals surface area contributed by atoms with Gasteiger partial charge in [0.25, 0.3) is 5.91 Å². The van der Waals surface area contributed by atoms with E-state index in [1.807, 2.05) is 0 Å². The molecule has 2 aromatic rings. The average Bonchev–Trinajstić information content (AvgIpc) is 2.96. The molecule has 0 saturated heterocycles. The van der Waals surface area contributed by atoms with Crippen LogP contribution in [0, 0.1) is 0 Å². The van der Waals surface area contributed by atoms with Gasteiger partial charge in [0.2, 0.25) is 0 Å². The van der Waals surface area contributed by atoms with Crippen LogP contribution in [-0.4, -0.2) is 34.0 Å². The summed E-state index contributed by atoms with van der Waals surface area (Å²) in [4.78, 5) is 11.8. The van der Waals surface area contributed by atoms with E-state index in [-0.39, 0.29) is 23.8 Å². The minimum absolute atomic E-state index is 0. The number of amides is 1. The van der Waals surface area contributed by atoms with Crippen molar-refractivity contribution in [3.63, 3.8) is 0 Å². The number of aromatic nitrogens is 3. The van der Waals surface area contributed by atoms with Crippen LogP contribution in [0.3, 0.4) is 0 Å². The van der Waals surface area contributed by atoms with Crippen LogP contribution in [0.5, 0.6) is 0 Å². The Hall–Kier alpha value is -2.13. The van der Waals surface area contributed by atoms with Gasteiger partial charge in [0.15, 0.2) is 5.69 Å². The maximum absolute atomic E-state index is 13.0. The van der Waals surface area contributed by atoms with Gasteiger partial charge in [-0.15, -0.1) is 17.5 Å². The van der Waals surface area contributed by atoms with Crippen LogP contribution in [-0.2, 0) is 6.18 Å². The summed E-state index contributed by atoms with van der Waals surface area (Å²) in [5.41, 5.74) is 4.20. The lowest BCUT2D eigenvalue weighted by molar-refractivity contribution is -0.137. The quantitative estimate of drug-likeness (QED) is 0.806. The number of nitrogens with two attached hydrogens (primary N) is 1. The summed E-state index contributed by atoms with van der Waals surface area (Å²) in [7, 11) is 0. The predicted octanol–water partition coefficient (Wildman–Crippen LogP) is 1.79. The molecule has 0 spiro atoms. The second-order valence-electron chi connectivity index (χ2n) is 4.46. The van der Waals surface area contributed by atoms with Gasteiger partial charge in [-0.3, -0.25) is 4.79 Å². The Morgan fingerprint density at radius 2 is 2.00 bits per heavy atom. The minimum atomic E-state index is -4.52. The number of rotatable bonds is 5. The number of para-hydroxylation sites is 1. The van der Waals surface area contributed by atoms with Gasteiger partial charge < -0.3 is 11.1 Å². The van der Waals surface area contributed by atoms with Gasteiger partial charge in [-0.2, -0.15) is 13.2 Å². The van der Waals surface area contributed by atoms with Crippen molar-refractivity contribution in [2.75, 3.05) is 13.1 Å². The number of nitrogens with one attached hydrogen (secondary N) is 1. The average molecular weight is 350 g/mol. The molecule has 0 aliphatic heterocycles. The number of carbonyl (C=O) groups is 1. The fourth-order valence-corrected chi connectivity index (χ4v) is 1.79. The molecule has 0 saturated carbocycles. The van der Waals surface area contributed by atoms with Gasteiger partial charge in [0.1, 0.15) is 0 Å². The second-order valence-corrected chi connectivity index (χ2v) is 4.46. The molecule has 1 heterocycles. The molecule has 2 rings (SSSR count). The van der Waals surface area contributed by atoms with Crippen LogP contribution in [0.1, 0.15) is 22.5 Å². The third-order valence-electron chi connectivity index (χ3n) is 2.85. The predicted molar refractivity (Wildman–Crippen MR) is 79.6 cm³/mol. The Morgan fingerprint density at radius 1 is 1.30 bits per heavy atom.